The third kappa shape index (κ3) is 4.39. The third-order valence-corrected chi connectivity index (χ3v) is 4.05. The number of hydrogen-bond acceptors (Lipinski definition) is 6. The highest BCUT2D eigenvalue weighted by atomic mass is 16.5. The molecule has 2 rings (SSSR count). The maximum absolute atomic E-state index is 12.5. The van der Waals surface area contributed by atoms with E-state index in [1.165, 1.54) is 14.0 Å². The van der Waals surface area contributed by atoms with Crippen LogP contribution in [-0.4, -0.2) is 42.9 Å². The zero-order chi connectivity index (χ0) is 19.1. The van der Waals surface area contributed by atoms with Crippen molar-refractivity contribution in [2.45, 2.75) is 20.4 Å². The Bertz CT molecular complexity index is 736. The molecule has 0 aromatic heterocycles. The van der Waals surface area contributed by atoms with Gasteiger partial charge in [0.2, 0.25) is 0 Å². The Morgan fingerprint density at radius 1 is 1.19 bits per heavy atom. The molecule has 0 bridgehead atoms. The van der Waals surface area contributed by atoms with Crippen molar-refractivity contribution in [2.75, 3.05) is 20.3 Å². The largest absolute Gasteiger partial charge is 0.465 e. The Morgan fingerprint density at radius 3 is 2.46 bits per heavy atom. The van der Waals surface area contributed by atoms with Crippen LogP contribution in [-0.2, 0) is 30.4 Å². The highest BCUT2D eigenvalue weighted by molar-refractivity contribution is 6.06. The Balaban J connectivity index is 2.54. The van der Waals surface area contributed by atoms with Gasteiger partial charge in [0.05, 0.1) is 13.7 Å². The van der Waals surface area contributed by atoms with E-state index >= 15 is 0 Å². The monoisotopic (exact) mass is 357 g/mol. The van der Waals surface area contributed by atoms with Gasteiger partial charge in [0.15, 0.2) is 5.78 Å². The topological polar surface area (TPSA) is 72.9 Å². The summed E-state index contributed by atoms with van der Waals surface area (Å²) in [6, 6.07) is 9.57. The molecular formula is C20H23NO5. The van der Waals surface area contributed by atoms with Crippen LogP contribution in [0.2, 0.25) is 0 Å². The van der Waals surface area contributed by atoms with Crippen LogP contribution in [0.5, 0.6) is 0 Å². The fraction of sp³-hybridized carbons (Fsp3) is 0.350. The van der Waals surface area contributed by atoms with Crippen molar-refractivity contribution in [3.05, 3.63) is 59.3 Å². The van der Waals surface area contributed by atoms with Crippen LogP contribution in [0.15, 0.2) is 53.8 Å². The van der Waals surface area contributed by atoms with Crippen molar-refractivity contribution in [1.29, 1.82) is 0 Å². The van der Waals surface area contributed by atoms with Crippen molar-refractivity contribution in [3.63, 3.8) is 0 Å². The molecule has 0 aliphatic carbocycles. The molecule has 26 heavy (non-hydrogen) atoms. The van der Waals surface area contributed by atoms with Gasteiger partial charge in [0.1, 0.15) is 11.6 Å². The standard InChI is InChI=1S/C20H23NO5/c1-4-26-19(23)16-11-8-12-21(13-15-9-6-5-7-10-15)18(20(24)25-3)17(16)14(2)22/h5-11,16H,4,12-13H2,1-3H3. The number of esters is 2. The van der Waals surface area contributed by atoms with Gasteiger partial charge in [-0.15, -0.1) is 0 Å². The number of rotatable bonds is 6. The molecule has 1 atom stereocenters. The molecule has 1 aliphatic heterocycles. The lowest BCUT2D eigenvalue weighted by atomic mass is 9.93. The first kappa shape index (κ1) is 19.4. The number of ether oxygens (including phenoxy) is 2. The van der Waals surface area contributed by atoms with Crippen LogP contribution in [0.25, 0.3) is 0 Å². The summed E-state index contributed by atoms with van der Waals surface area (Å²) in [7, 11) is 1.26. The second kappa shape index (κ2) is 8.99. The number of methoxy groups -OCH3 is 1. The predicted octanol–water partition coefficient (Wildman–Crippen LogP) is 2.25. The second-order valence-electron chi connectivity index (χ2n) is 5.83. The van der Waals surface area contributed by atoms with E-state index in [-0.39, 0.29) is 23.7 Å². The fourth-order valence-electron chi connectivity index (χ4n) is 2.93. The highest BCUT2D eigenvalue weighted by Gasteiger charge is 2.35. The molecule has 1 aliphatic rings. The van der Waals surface area contributed by atoms with Gasteiger partial charge < -0.3 is 14.4 Å². The van der Waals surface area contributed by atoms with Gasteiger partial charge in [-0.25, -0.2) is 4.79 Å². The summed E-state index contributed by atoms with van der Waals surface area (Å²) in [5.74, 6) is -2.50. The lowest BCUT2D eigenvalue weighted by Crippen LogP contribution is -2.32. The van der Waals surface area contributed by atoms with Crippen molar-refractivity contribution in [1.82, 2.24) is 4.90 Å². The number of hydrogen-bond donors (Lipinski definition) is 0. The number of nitrogens with zero attached hydrogens (tertiary/aromatic N) is 1. The van der Waals surface area contributed by atoms with Gasteiger partial charge in [-0.3, -0.25) is 9.59 Å². The van der Waals surface area contributed by atoms with Gasteiger partial charge in [0, 0.05) is 18.7 Å². The molecule has 0 radical (unpaired) electrons. The number of ketones is 1. The minimum absolute atomic E-state index is 0.0972. The normalized spacial score (nSPS) is 16.9. The molecule has 0 N–H and O–H groups in total. The molecular weight excluding hydrogens is 334 g/mol. The SMILES string of the molecule is CCOC(=O)C1C=CCN(Cc2ccccc2)C(C(=O)OC)=C1C(C)=O. The van der Waals surface area contributed by atoms with Gasteiger partial charge in [0.25, 0.3) is 0 Å². The quantitative estimate of drug-likeness (QED) is 0.574. The highest BCUT2D eigenvalue weighted by Crippen LogP contribution is 2.27. The summed E-state index contributed by atoms with van der Waals surface area (Å²) in [4.78, 5) is 39.0. The van der Waals surface area contributed by atoms with E-state index in [4.69, 9.17) is 9.47 Å². The molecule has 6 heteroatoms. The molecule has 0 saturated carbocycles. The van der Waals surface area contributed by atoms with Crippen LogP contribution in [0.4, 0.5) is 0 Å². The van der Waals surface area contributed by atoms with Crippen molar-refractivity contribution in [2.24, 2.45) is 5.92 Å². The van der Waals surface area contributed by atoms with Gasteiger partial charge in [-0.05, 0) is 19.4 Å². The summed E-state index contributed by atoms with van der Waals surface area (Å²) >= 11 is 0. The average molecular weight is 357 g/mol. The van der Waals surface area contributed by atoms with Crippen LogP contribution in [0.3, 0.4) is 0 Å². The molecule has 0 fully saturated rings. The predicted molar refractivity (Wildman–Crippen MR) is 95.8 cm³/mol. The van der Waals surface area contributed by atoms with Gasteiger partial charge in [-0.1, -0.05) is 42.5 Å². The Hall–Kier alpha value is -2.89. The van der Waals surface area contributed by atoms with Gasteiger partial charge in [-0.2, -0.15) is 0 Å². The smallest absolute Gasteiger partial charge is 0.354 e. The van der Waals surface area contributed by atoms with Gasteiger partial charge >= 0.3 is 11.9 Å². The van der Waals surface area contributed by atoms with E-state index < -0.39 is 17.9 Å². The minimum Gasteiger partial charge on any atom is -0.465 e. The Kier molecular flexibility index (Phi) is 6.72. The minimum atomic E-state index is -0.928. The zero-order valence-electron chi connectivity index (χ0n) is 15.2. The summed E-state index contributed by atoms with van der Waals surface area (Å²) in [5, 5.41) is 0. The average Bonchev–Trinajstić information content (AvgIpc) is 2.82. The van der Waals surface area contributed by atoms with E-state index in [0.717, 1.165) is 5.56 Å². The van der Waals surface area contributed by atoms with Crippen LogP contribution >= 0.6 is 0 Å². The Morgan fingerprint density at radius 2 is 1.88 bits per heavy atom. The summed E-state index contributed by atoms with van der Waals surface area (Å²) in [5.41, 5.74) is 1.17. The van der Waals surface area contributed by atoms with Crippen molar-refractivity contribution in [3.8, 4) is 0 Å². The summed E-state index contributed by atoms with van der Waals surface area (Å²) < 4.78 is 10.00. The van der Waals surface area contributed by atoms with Crippen LogP contribution in [0, 0.1) is 5.92 Å². The molecule has 0 spiro atoms. The molecule has 138 valence electrons. The van der Waals surface area contributed by atoms with E-state index in [2.05, 4.69) is 0 Å². The zero-order valence-corrected chi connectivity index (χ0v) is 15.2. The van der Waals surface area contributed by atoms with Crippen molar-refractivity contribution < 1.29 is 23.9 Å². The molecule has 1 heterocycles. The number of carbonyl (C=O) groups excluding carboxylic acids is 3. The first-order chi connectivity index (χ1) is 12.5. The maximum atomic E-state index is 12.5. The lowest BCUT2D eigenvalue weighted by molar-refractivity contribution is -0.145. The maximum Gasteiger partial charge on any atom is 0.354 e. The van der Waals surface area contributed by atoms with Crippen LogP contribution < -0.4 is 0 Å². The first-order valence-corrected chi connectivity index (χ1v) is 8.45. The van der Waals surface area contributed by atoms with E-state index in [0.29, 0.717) is 13.1 Å². The lowest BCUT2D eigenvalue weighted by Gasteiger charge is -2.26. The number of benzene rings is 1. The van der Waals surface area contributed by atoms with E-state index in [1.54, 1.807) is 24.0 Å². The molecule has 6 nitrogen and oxygen atoms in total. The molecule has 0 amide bonds. The summed E-state index contributed by atoms with van der Waals surface area (Å²) in [6.07, 6.45) is 3.38. The first-order valence-electron chi connectivity index (χ1n) is 8.45. The Labute approximate surface area is 153 Å². The van der Waals surface area contributed by atoms with Crippen LogP contribution in [0.1, 0.15) is 19.4 Å². The van der Waals surface area contributed by atoms with E-state index in [9.17, 15) is 14.4 Å². The molecule has 1 unspecified atom stereocenters. The number of Topliss-reactive ketones (excluding diaryl/α,β-unsaturated/α-hetero) is 1. The fourth-order valence-corrected chi connectivity index (χ4v) is 2.93. The summed E-state index contributed by atoms with van der Waals surface area (Å²) in [6.45, 7) is 3.99. The second-order valence-corrected chi connectivity index (χ2v) is 5.83. The molecule has 0 saturated heterocycles. The third-order valence-electron chi connectivity index (χ3n) is 4.05. The molecule has 1 aromatic rings. The van der Waals surface area contributed by atoms with E-state index in [1.807, 2.05) is 30.3 Å². The number of carbonyl (C=O) groups is 3. The van der Waals surface area contributed by atoms with Crippen molar-refractivity contribution >= 4 is 17.7 Å². The molecule has 1 aromatic carbocycles.